The zero-order chi connectivity index (χ0) is 24.9. The van der Waals surface area contributed by atoms with Crippen LogP contribution >= 0.6 is 0 Å². The third-order valence-corrected chi connectivity index (χ3v) is 6.13. The van der Waals surface area contributed by atoms with Crippen molar-refractivity contribution >= 4 is 11.9 Å². The number of aryl methyl sites for hydroxylation is 3. The van der Waals surface area contributed by atoms with E-state index in [4.69, 9.17) is 9.26 Å². The van der Waals surface area contributed by atoms with Gasteiger partial charge in [0.25, 0.3) is 5.95 Å². The van der Waals surface area contributed by atoms with Crippen LogP contribution in [0.25, 0.3) is 11.4 Å². The molecule has 1 fully saturated rings. The number of nitrogens with one attached hydrogen (secondary N) is 1. The smallest absolute Gasteiger partial charge is 0.306 e. The third-order valence-electron chi connectivity index (χ3n) is 6.13. The van der Waals surface area contributed by atoms with E-state index in [0.29, 0.717) is 66.9 Å². The minimum absolute atomic E-state index is 0.138. The van der Waals surface area contributed by atoms with Gasteiger partial charge in [-0.2, -0.15) is 4.98 Å². The number of hydrogen-bond donors (Lipinski definition) is 2. The maximum atomic E-state index is 13.0. The third kappa shape index (κ3) is 6.11. The molecule has 3 atom stereocenters. The van der Waals surface area contributed by atoms with Gasteiger partial charge in [0, 0.05) is 13.5 Å². The fraction of sp³-hybridized carbons (Fsp3) is 0.565. The van der Waals surface area contributed by atoms with Gasteiger partial charge in [0.05, 0.1) is 41.8 Å². The van der Waals surface area contributed by atoms with Gasteiger partial charge < -0.3 is 19.7 Å². The molecule has 0 radical (unpaired) electrons. The van der Waals surface area contributed by atoms with Crippen LogP contribution in [0.4, 0.5) is 10.3 Å². The highest BCUT2D eigenvalue weighted by atomic mass is 19.1. The molecular formula is C23H30FN7O4. The summed E-state index contributed by atoms with van der Waals surface area (Å²) in [6.07, 6.45) is 2.48. The summed E-state index contributed by atoms with van der Waals surface area (Å²) in [5.41, 5.74) is 2.70. The van der Waals surface area contributed by atoms with Crippen LogP contribution in [0.3, 0.4) is 0 Å². The lowest BCUT2D eigenvalue weighted by Gasteiger charge is -2.27. The zero-order valence-corrected chi connectivity index (χ0v) is 20.1. The molecule has 12 heteroatoms. The fourth-order valence-electron chi connectivity index (χ4n) is 4.15. The van der Waals surface area contributed by atoms with Crippen LogP contribution in [0.5, 0.6) is 5.75 Å². The Hall–Kier alpha value is -3.57. The summed E-state index contributed by atoms with van der Waals surface area (Å²) in [5, 5.41) is 24.7. The van der Waals surface area contributed by atoms with Gasteiger partial charge in [-0.25, -0.2) is 14.1 Å². The quantitative estimate of drug-likeness (QED) is 0.436. The van der Waals surface area contributed by atoms with E-state index >= 15 is 0 Å². The molecule has 1 aliphatic rings. The van der Waals surface area contributed by atoms with Crippen LogP contribution < -0.4 is 10.1 Å². The summed E-state index contributed by atoms with van der Waals surface area (Å²) in [6, 6.07) is 3.66. The largest absolute Gasteiger partial charge is 0.489 e. The molecular weight excluding hydrogens is 457 g/mol. The van der Waals surface area contributed by atoms with Crippen molar-refractivity contribution in [2.75, 3.05) is 5.32 Å². The monoisotopic (exact) mass is 487 g/mol. The minimum Gasteiger partial charge on any atom is -0.489 e. The van der Waals surface area contributed by atoms with Gasteiger partial charge in [-0.15, -0.1) is 5.10 Å². The van der Waals surface area contributed by atoms with Crippen LogP contribution in [0.1, 0.15) is 56.3 Å². The lowest BCUT2D eigenvalue weighted by molar-refractivity contribution is -0.143. The molecule has 1 saturated carbocycles. The van der Waals surface area contributed by atoms with Crippen LogP contribution in [-0.4, -0.2) is 53.5 Å². The SMILES string of the molecule is Cc1nc(-c2nnn(C)c2CNc2noc(CCC(C)F)n2)ccc1O[C@H]1CCC[C@H](C(=O)O)C1. The molecule has 0 amide bonds. The molecule has 0 bridgehead atoms. The predicted molar refractivity (Wildman–Crippen MR) is 123 cm³/mol. The van der Waals surface area contributed by atoms with Gasteiger partial charge >= 0.3 is 5.97 Å². The topological polar surface area (TPSA) is 141 Å². The van der Waals surface area contributed by atoms with E-state index in [1.165, 1.54) is 6.92 Å². The number of alkyl halides is 1. The number of hydrogen-bond acceptors (Lipinski definition) is 9. The minimum atomic E-state index is -0.932. The number of carbonyl (C=O) groups is 1. The molecule has 1 aliphatic carbocycles. The first-order valence-electron chi connectivity index (χ1n) is 11.8. The highest BCUT2D eigenvalue weighted by molar-refractivity contribution is 5.70. The lowest BCUT2D eigenvalue weighted by atomic mass is 9.87. The molecule has 0 aliphatic heterocycles. The first-order valence-corrected chi connectivity index (χ1v) is 11.8. The molecule has 4 rings (SSSR count). The van der Waals surface area contributed by atoms with Gasteiger partial charge in [-0.1, -0.05) is 5.21 Å². The summed E-state index contributed by atoms with van der Waals surface area (Å²) in [7, 11) is 1.78. The summed E-state index contributed by atoms with van der Waals surface area (Å²) in [4.78, 5) is 20.2. The van der Waals surface area contributed by atoms with Crippen LogP contribution in [0, 0.1) is 12.8 Å². The molecule has 3 heterocycles. The van der Waals surface area contributed by atoms with Crippen LogP contribution in [-0.2, 0) is 24.8 Å². The first-order chi connectivity index (χ1) is 16.8. The Kier molecular flexibility index (Phi) is 7.57. The van der Waals surface area contributed by atoms with E-state index in [1.54, 1.807) is 11.7 Å². The molecule has 11 nitrogen and oxygen atoms in total. The number of carboxylic acid groups (broad SMARTS) is 1. The predicted octanol–water partition coefficient (Wildman–Crippen LogP) is 3.49. The number of carboxylic acids is 1. The number of nitrogens with zero attached hydrogens (tertiary/aromatic N) is 6. The number of ether oxygens (including phenoxy) is 1. The second-order valence-electron chi connectivity index (χ2n) is 8.91. The average molecular weight is 488 g/mol. The molecule has 3 aromatic heterocycles. The van der Waals surface area contributed by atoms with Crippen molar-refractivity contribution in [3.8, 4) is 17.1 Å². The fourth-order valence-corrected chi connectivity index (χ4v) is 4.15. The lowest BCUT2D eigenvalue weighted by Crippen LogP contribution is -2.29. The van der Waals surface area contributed by atoms with Crippen LogP contribution in [0.15, 0.2) is 16.7 Å². The van der Waals surface area contributed by atoms with Crippen molar-refractivity contribution in [3.63, 3.8) is 0 Å². The Labute approximate surface area is 202 Å². The first kappa shape index (κ1) is 24.6. The Morgan fingerprint density at radius 2 is 2.20 bits per heavy atom. The van der Waals surface area contributed by atoms with Gasteiger partial charge in [0.2, 0.25) is 5.89 Å². The summed E-state index contributed by atoms with van der Waals surface area (Å²) in [5.74, 6) is 0.187. The van der Waals surface area contributed by atoms with Crippen molar-refractivity contribution in [2.24, 2.45) is 13.0 Å². The van der Waals surface area contributed by atoms with E-state index in [1.807, 2.05) is 19.1 Å². The highest BCUT2D eigenvalue weighted by Crippen LogP contribution is 2.30. The summed E-state index contributed by atoms with van der Waals surface area (Å²) >= 11 is 0. The maximum Gasteiger partial charge on any atom is 0.306 e. The van der Waals surface area contributed by atoms with E-state index < -0.39 is 12.1 Å². The Bertz CT molecular complexity index is 1160. The van der Waals surface area contributed by atoms with Crippen molar-refractivity contribution in [3.05, 3.63) is 29.4 Å². The summed E-state index contributed by atoms with van der Waals surface area (Å²) < 4.78 is 25.9. The van der Waals surface area contributed by atoms with E-state index in [0.717, 1.165) is 18.5 Å². The number of pyridine rings is 1. The van der Waals surface area contributed by atoms with Gasteiger partial charge in [-0.05, 0) is 63.2 Å². The standard InChI is InChI=1S/C23H30FN7O4/c1-13(24)7-10-20-27-23(29-35-20)25-12-18-21(28-30-31(18)3)17-8-9-19(14(2)26-17)34-16-6-4-5-15(11-16)22(32)33/h8-9,13,15-16H,4-7,10-12H2,1-3H3,(H,25,29)(H,32,33)/t13?,15-,16-/m0/s1. The molecule has 35 heavy (non-hydrogen) atoms. The number of halogens is 1. The molecule has 188 valence electrons. The Morgan fingerprint density at radius 3 is 2.94 bits per heavy atom. The normalized spacial score (nSPS) is 18.9. The van der Waals surface area contributed by atoms with Gasteiger partial charge in [-0.3, -0.25) is 4.79 Å². The van der Waals surface area contributed by atoms with Crippen molar-refractivity contribution < 1.29 is 23.6 Å². The number of anilines is 1. The highest BCUT2D eigenvalue weighted by Gasteiger charge is 2.28. The summed E-state index contributed by atoms with van der Waals surface area (Å²) in [6.45, 7) is 3.67. The van der Waals surface area contributed by atoms with Gasteiger partial charge in [0.15, 0.2) is 0 Å². The van der Waals surface area contributed by atoms with Crippen molar-refractivity contribution in [2.45, 2.75) is 71.2 Å². The second-order valence-corrected chi connectivity index (χ2v) is 8.91. The molecule has 0 aromatic carbocycles. The maximum absolute atomic E-state index is 13.0. The zero-order valence-electron chi connectivity index (χ0n) is 20.1. The molecule has 2 N–H and O–H groups in total. The van der Waals surface area contributed by atoms with E-state index in [9.17, 15) is 14.3 Å². The molecule has 1 unspecified atom stereocenters. The number of rotatable bonds is 10. The molecule has 0 spiro atoms. The van der Waals surface area contributed by atoms with E-state index in [-0.39, 0.29) is 12.0 Å². The average Bonchev–Trinajstić information content (AvgIpc) is 3.44. The van der Waals surface area contributed by atoms with Crippen molar-refractivity contribution in [1.82, 2.24) is 30.1 Å². The van der Waals surface area contributed by atoms with Crippen molar-refractivity contribution in [1.29, 1.82) is 0 Å². The molecule has 3 aromatic rings. The number of aliphatic carboxylic acids is 1. The Morgan fingerprint density at radius 1 is 1.37 bits per heavy atom. The Balaban J connectivity index is 1.42. The molecule has 0 saturated heterocycles. The van der Waals surface area contributed by atoms with Gasteiger partial charge in [0.1, 0.15) is 11.4 Å². The number of aromatic nitrogens is 6. The van der Waals surface area contributed by atoms with E-state index in [2.05, 4.69) is 30.8 Å². The van der Waals surface area contributed by atoms with Crippen LogP contribution in [0.2, 0.25) is 0 Å². The second kappa shape index (κ2) is 10.8.